The van der Waals surface area contributed by atoms with Crippen LogP contribution in [0.4, 0.5) is 5.69 Å². The van der Waals surface area contributed by atoms with Crippen LogP contribution in [0.5, 0.6) is 0 Å². The number of nitro groups is 1. The van der Waals surface area contributed by atoms with Crippen molar-refractivity contribution < 1.29 is 13.3 Å². The summed E-state index contributed by atoms with van der Waals surface area (Å²) in [5.41, 5.74) is -0.0812. The Hall–Kier alpha value is -1.81. The number of sulfonamides is 1. The van der Waals surface area contributed by atoms with Gasteiger partial charge in [0, 0.05) is 25.4 Å². The number of aromatic nitrogens is 1. The van der Waals surface area contributed by atoms with E-state index >= 15 is 0 Å². The Bertz CT molecular complexity index is 798. The van der Waals surface area contributed by atoms with E-state index in [-0.39, 0.29) is 40.4 Å². The van der Waals surface area contributed by atoms with E-state index in [2.05, 4.69) is 15.0 Å². The minimum absolute atomic E-state index is 0. The summed E-state index contributed by atoms with van der Waals surface area (Å²) in [5, 5.41) is 14.2. The number of likely N-dealkylation sites (N-methyl/N-ethyl adjacent to an activating group) is 1. The van der Waals surface area contributed by atoms with Crippen LogP contribution < -0.4 is 10.0 Å². The number of hydrogen-bond acceptors (Lipinski definition) is 6. The lowest BCUT2D eigenvalue weighted by atomic mass is 10.2. The van der Waals surface area contributed by atoms with Gasteiger partial charge < -0.3 is 5.32 Å². The molecule has 23 heavy (non-hydrogen) atoms. The Balaban J connectivity index is 0.00000264. The average Bonchev–Trinajstić information content (AvgIpc) is 2.50. The molecule has 0 bridgehead atoms. The highest BCUT2D eigenvalue weighted by Gasteiger charge is 2.22. The maximum absolute atomic E-state index is 12.3. The summed E-state index contributed by atoms with van der Waals surface area (Å²) in [6.45, 7) is 3.38. The molecule has 0 fully saturated rings. The SMILES string of the molecule is CCNCCNS(=O)(=O)c1ccc([N+](=O)[O-])c2cccnc12.Cl. The maximum atomic E-state index is 12.3. The fraction of sp³-hybridized carbons (Fsp3) is 0.308. The lowest BCUT2D eigenvalue weighted by Crippen LogP contribution is -2.32. The van der Waals surface area contributed by atoms with Gasteiger partial charge in [0.2, 0.25) is 10.0 Å². The largest absolute Gasteiger partial charge is 0.316 e. The van der Waals surface area contributed by atoms with Crippen molar-refractivity contribution in [3.63, 3.8) is 0 Å². The van der Waals surface area contributed by atoms with Crippen molar-refractivity contribution in [1.82, 2.24) is 15.0 Å². The second-order valence-electron chi connectivity index (χ2n) is 4.49. The molecule has 0 aliphatic rings. The standard InChI is InChI=1S/C13H16N4O4S.ClH/c1-2-14-8-9-16-22(20,21)12-6-5-11(17(18)19)10-4-3-7-15-13(10)12;/h3-7,14,16H,2,8-9H2,1H3;1H. The van der Waals surface area contributed by atoms with E-state index in [9.17, 15) is 18.5 Å². The van der Waals surface area contributed by atoms with E-state index in [1.54, 1.807) is 0 Å². The van der Waals surface area contributed by atoms with Gasteiger partial charge >= 0.3 is 0 Å². The molecular formula is C13H17ClN4O4S. The van der Waals surface area contributed by atoms with Gasteiger partial charge in [0.25, 0.3) is 5.69 Å². The lowest BCUT2D eigenvalue weighted by molar-refractivity contribution is -0.383. The molecule has 2 N–H and O–H groups in total. The van der Waals surface area contributed by atoms with E-state index in [1.807, 2.05) is 6.92 Å². The predicted octanol–water partition coefficient (Wildman–Crippen LogP) is 1.45. The van der Waals surface area contributed by atoms with Gasteiger partial charge in [0.15, 0.2) is 0 Å². The van der Waals surface area contributed by atoms with Crippen molar-refractivity contribution >= 4 is 39.0 Å². The highest BCUT2D eigenvalue weighted by atomic mass is 35.5. The highest BCUT2D eigenvalue weighted by Crippen LogP contribution is 2.28. The summed E-state index contributed by atoms with van der Waals surface area (Å²) >= 11 is 0. The number of benzene rings is 1. The number of nitrogens with one attached hydrogen (secondary N) is 2. The van der Waals surface area contributed by atoms with Crippen LogP contribution in [0.15, 0.2) is 35.4 Å². The molecule has 126 valence electrons. The van der Waals surface area contributed by atoms with Crippen LogP contribution in [0.25, 0.3) is 10.9 Å². The summed E-state index contributed by atoms with van der Waals surface area (Å²) in [6.07, 6.45) is 1.41. The molecule has 10 heteroatoms. The Labute approximate surface area is 139 Å². The molecule has 1 heterocycles. The number of nitrogens with zero attached hydrogens (tertiary/aromatic N) is 2. The summed E-state index contributed by atoms with van der Waals surface area (Å²) in [4.78, 5) is 14.4. The lowest BCUT2D eigenvalue weighted by Gasteiger charge is -2.09. The molecule has 0 amide bonds. The van der Waals surface area contributed by atoms with Gasteiger partial charge in [-0.1, -0.05) is 6.92 Å². The fourth-order valence-electron chi connectivity index (χ4n) is 2.04. The number of rotatable bonds is 7. The Kier molecular flexibility index (Phi) is 6.82. The minimum Gasteiger partial charge on any atom is -0.316 e. The van der Waals surface area contributed by atoms with Crippen LogP contribution >= 0.6 is 12.4 Å². The number of halogens is 1. The molecule has 1 aromatic carbocycles. The van der Waals surface area contributed by atoms with E-state index in [1.165, 1.54) is 30.5 Å². The predicted molar refractivity (Wildman–Crippen MR) is 89.4 cm³/mol. The van der Waals surface area contributed by atoms with Gasteiger partial charge in [-0.2, -0.15) is 0 Å². The first-order valence-electron chi connectivity index (χ1n) is 6.70. The summed E-state index contributed by atoms with van der Waals surface area (Å²) < 4.78 is 27.1. The van der Waals surface area contributed by atoms with Crippen LogP contribution in [-0.2, 0) is 10.0 Å². The normalized spacial score (nSPS) is 11.2. The van der Waals surface area contributed by atoms with Gasteiger partial charge in [-0.3, -0.25) is 15.1 Å². The van der Waals surface area contributed by atoms with Crippen LogP contribution in [-0.4, -0.2) is 38.0 Å². The first-order chi connectivity index (χ1) is 10.5. The molecule has 8 nitrogen and oxygen atoms in total. The maximum Gasteiger partial charge on any atom is 0.278 e. The molecule has 2 rings (SSSR count). The minimum atomic E-state index is -3.78. The van der Waals surface area contributed by atoms with Crippen molar-refractivity contribution in [2.45, 2.75) is 11.8 Å². The number of pyridine rings is 1. The second-order valence-corrected chi connectivity index (χ2v) is 6.23. The van der Waals surface area contributed by atoms with Gasteiger partial charge in [-0.05, 0) is 24.7 Å². The third kappa shape index (κ3) is 4.35. The van der Waals surface area contributed by atoms with Crippen molar-refractivity contribution in [3.05, 3.63) is 40.6 Å². The van der Waals surface area contributed by atoms with Gasteiger partial charge in [-0.15, -0.1) is 12.4 Å². The van der Waals surface area contributed by atoms with Gasteiger partial charge in [-0.25, -0.2) is 13.1 Å². The molecule has 0 atom stereocenters. The Morgan fingerprint density at radius 1 is 1.26 bits per heavy atom. The third-order valence-corrected chi connectivity index (χ3v) is 4.53. The first-order valence-corrected chi connectivity index (χ1v) is 8.18. The van der Waals surface area contributed by atoms with Crippen LogP contribution in [0, 0.1) is 10.1 Å². The Morgan fingerprint density at radius 2 is 2.00 bits per heavy atom. The van der Waals surface area contributed by atoms with Gasteiger partial charge in [0.1, 0.15) is 4.90 Å². The Morgan fingerprint density at radius 3 is 2.65 bits per heavy atom. The van der Waals surface area contributed by atoms with Crippen molar-refractivity contribution in [2.75, 3.05) is 19.6 Å². The second kappa shape index (κ2) is 8.16. The number of non-ortho nitro benzene ring substituents is 1. The number of fused-ring (bicyclic) bond motifs is 1. The zero-order valence-electron chi connectivity index (χ0n) is 12.4. The quantitative estimate of drug-likeness (QED) is 0.439. The van der Waals surface area contributed by atoms with Crippen molar-refractivity contribution in [1.29, 1.82) is 0 Å². The van der Waals surface area contributed by atoms with E-state index in [0.29, 0.717) is 6.54 Å². The monoisotopic (exact) mass is 360 g/mol. The topological polar surface area (TPSA) is 114 Å². The summed E-state index contributed by atoms with van der Waals surface area (Å²) in [7, 11) is -3.78. The molecular weight excluding hydrogens is 344 g/mol. The van der Waals surface area contributed by atoms with E-state index < -0.39 is 14.9 Å². The molecule has 0 saturated heterocycles. The van der Waals surface area contributed by atoms with Crippen molar-refractivity contribution in [2.24, 2.45) is 0 Å². The van der Waals surface area contributed by atoms with Crippen molar-refractivity contribution in [3.8, 4) is 0 Å². The third-order valence-electron chi connectivity index (χ3n) is 3.04. The summed E-state index contributed by atoms with van der Waals surface area (Å²) in [5.74, 6) is 0. The summed E-state index contributed by atoms with van der Waals surface area (Å²) in [6, 6.07) is 5.41. The molecule has 0 aliphatic carbocycles. The van der Waals surface area contributed by atoms with E-state index in [4.69, 9.17) is 0 Å². The molecule has 0 aliphatic heterocycles. The van der Waals surface area contributed by atoms with Crippen LogP contribution in [0.1, 0.15) is 6.92 Å². The van der Waals surface area contributed by atoms with E-state index in [0.717, 1.165) is 6.54 Å². The smallest absolute Gasteiger partial charge is 0.278 e. The molecule has 0 unspecified atom stereocenters. The fourth-order valence-corrected chi connectivity index (χ4v) is 3.23. The number of nitro benzene ring substituents is 1. The molecule has 0 saturated carbocycles. The first kappa shape index (κ1) is 19.2. The molecule has 1 aromatic heterocycles. The number of hydrogen-bond donors (Lipinski definition) is 2. The van der Waals surface area contributed by atoms with Gasteiger partial charge in [0.05, 0.1) is 15.8 Å². The molecule has 0 radical (unpaired) electrons. The molecule has 2 aromatic rings. The zero-order valence-corrected chi connectivity index (χ0v) is 14.0. The van der Waals surface area contributed by atoms with Crippen LogP contribution in [0.2, 0.25) is 0 Å². The average molecular weight is 361 g/mol. The molecule has 0 spiro atoms. The van der Waals surface area contributed by atoms with Crippen LogP contribution in [0.3, 0.4) is 0 Å². The zero-order chi connectivity index (χ0) is 16.2. The highest BCUT2D eigenvalue weighted by molar-refractivity contribution is 7.89.